The maximum absolute atomic E-state index is 6.48. The normalized spacial score (nSPS) is 17.8. The Bertz CT molecular complexity index is 977. The Labute approximate surface area is 218 Å². The number of anilines is 3. The SMILES string of the molecule is COCCN(CCOC)c1nc(N2CCC(OC)CC2)c2nc(Cl)nc(N3CCC(OC)CC3)c2n1. The van der Waals surface area contributed by atoms with Crippen molar-refractivity contribution in [2.24, 2.45) is 0 Å². The summed E-state index contributed by atoms with van der Waals surface area (Å²) >= 11 is 6.48. The third kappa shape index (κ3) is 6.25. The molecule has 2 aromatic rings. The van der Waals surface area contributed by atoms with E-state index in [1.165, 1.54) is 0 Å². The van der Waals surface area contributed by atoms with Gasteiger partial charge in [0.05, 0.1) is 25.4 Å². The Kier molecular flexibility index (Phi) is 9.72. The molecule has 0 aromatic carbocycles. The summed E-state index contributed by atoms with van der Waals surface area (Å²) in [6, 6.07) is 0. The van der Waals surface area contributed by atoms with Gasteiger partial charge in [-0.05, 0) is 37.3 Å². The first kappa shape index (κ1) is 27.0. The Balaban J connectivity index is 1.80. The molecule has 36 heavy (non-hydrogen) atoms. The summed E-state index contributed by atoms with van der Waals surface area (Å²) in [5.41, 5.74) is 1.39. The molecular weight excluding hydrogens is 486 g/mol. The molecule has 2 aromatic heterocycles. The van der Waals surface area contributed by atoms with Crippen LogP contribution in [-0.2, 0) is 18.9 Å². The molecule has 0 saturated carbocycles. The molecule has 2 fully saturated rings. The lowest BCUT2D eigenvalue weighted by molar-refractivity contribution is 0.0817. The zero-order valence-corrected chi connectivity index (χ0v) is 22.5. The predicted molar refractivity (Wildman–Crippen MR) is 141 cm³/mol. The van der Waals surface area contributed by atoms with Crippen LogP contribution in [0, 0.1) is 0 Å². The number of nitrogens with zero attached hydrogens (tertiary/aromatic N) is 7. The fourth-order valence-electron chi connectivity index (χ4n) is 4.85. The quantitative estimate of drug-likeness (QED) is 0.406. The summed E-state index contributed by atoms with van der Waals surface area (Å²) in [4.78, 5) is 25.9. The van der Waals surface area contributed by atoms with E-state index in [0.29, 0.717) is 43.3 Å². The number of halogens is 1. The third-order valence-electron chi connectivity index (χ3n) is 7.03. The molecule has 0 bridgehead atoms. The molecule has 2 saturated heterocycles. The Morgan fingerprint density at radius 3 is 1.67 bits per heavy atom. The average molecular weight is 524 g/mol. The lowest BCUT2D eigenvalue weighted by Crippen LogP contribution is -2.39. The molecule has 200 valence electrons. The number of hydrogen-bond donors (Lipinski definition) is 0. The van der Waals surface area contributed by atoms with Crippen molar-refractivity contribution in [2.75, 3.05) is 95.6 Å². The second kappa shape index (κ2) is 13.0. The van der Waals surface area contributed by atoms with Gasteiger partial charge in [-0.2, -0.15) is 9.97 Å². The molecule has 2 aliphatic rings. The zero-order valence-electron chi connectivity index (χ0n) is 21.8. The second-order valence-electron chi connectivity index (χ2n) is 9.18. The van der Waals surface area contributed by atoms with Gasteiger partial charge in [0, 0.05) is 67.7 Å². The number of fused-ring (bicyclic) bond motifs is 1. The number of rotatable bonds is 11. The van der Waals surface area contributed by atoms with E-state index in [-0.39, 0.29) is 17.5 Å². The monoisotopic (exact) mass is 523 g/mol. The van der Waals surface area contributed by atoms with Gasteiger partial charge >= 0.3 is 0 Å². The molecule has 4 heterocycles. The number of hydrogen-bond acceptors (Lipinski definition) is 11. The average Bonchev–Trinajstić information content (AvgIpc) is 2.92. The Morgan fingerprint density at radius 1 is 0.722 bits per heavy atom. The van der Waals surface area contributed by atoms with Crippen molar-refractivity contribution in [1.29, 1.82) is 0 Å². The van der Waals surface area contributed by atoms with Gasteiger partial charge in [0.25, 0.3) is 0 Å². The summed E-state index contributed by atoms with van der Waals surface area (Å²) in [5.74, 6) is 2.13. The van der Waals surface area contributed by atoms with Crippen LogP contribution in [0.1, 0.15) is 25.7 Å². The van der Waals surface area contributed by atoms with E-state index in [0.717, 1.165) is 63.5 Å². The molecule has 12 heteroatoms. The third-order valence-corrected chi connectivity index (χ3v) is 7.20. The van der Waals surface area contributed by atoms with E-state index in [4.69, 9.17) is 40.5 Å². The van der Waals surface area contributed by atoms with Gasteiger partial charge in [-0.15, -0.1) is 0 Å². The van der Waals surface area contributed by atoms with Crippen LogP contribution in [0.5, 0.6) is 0 Å². The summed E-state index contributed by atoms with van der Waals surface area (Å²) in [7, 11) is 6.93. The topological polar surface area (TPSA) is 98.2 Å². The molecule has 11 nitrogen and oxygen atoms in total. The lowest BCUT2D eigenvalue weighted by atomic mass is 10.1. The van der Waals surface area contributed by atoms with Gasteiger partial charge in [-0.1, -0.05) is 0 Å². The predicted octanol–water partition coefficient (Wildman–Crippen LogP) is 2.40. The van der Waals surface area contributed by atoms with E-state index in [2.05, 4.69) is 24.7 Å². The van der Waals surface area contributed by atoms with Crippen molar-refractivity contribution in [3.8, 4) is 0 Å². The number of ether oxygens (including phenoxy) is 4. The first-order chi connectivity index (χ1) is 17.6. The van der Waals surface area contributed by atoms with Crippen LogP contribution in [0.25, 0.3) is 11.0 Å². The van der Waals surface area contributed by atoms with Gasteiger partial charge < -0.3 is 33.6 Å². The van der Waals surface area contributed by atoms with Gasteiger partial charge in [0.2, 0.25) is 11.2 Å². The van der Waals surface area contributed by atoms with Crippen molar-refractivity contribution in [2.45, 2.75) is 37.9 Å². The Hall–Kier alpha value is -2.05. The molecule has 0 amide bonds. The minimum atomic E-state index is 0.200. The molecule has 0 atom stereocenters. The van der Waals surface area contributed by atoms with E-state index >= 15 is 0 Å². The minimum absolute atomic E-state index is 0.200. The number of methoxy groups -OCH3 is 4. The summed E-state index contributed by atoms with van der Waals surface area (Å²) < 4.78 is 21.9. The van der Waals surface area contributed by atoms with Crippen LogP contribution in [0.2, 0.25) is 5.28 Å². The summed E-state index contributed by atoms with van der Waals surface area (Å²) in [6.07, 6.45) is 4.19. The van der Waals surface area contributed by atoms with Gasteiger partial charge in [0.1, 0.15) is 11.0 Å². The highest BCUT2D eigenvalue weighted by molar-refractivity contribution is 6.29. The van der Waals surface area contributed by atoms with Crippen molar-refractivity contribution in [1.82, 2.24) is 19.9 Å². The van der Waals surface area contributed by atoms with Crippen LogP contribution in [-0.4, -0.2) is 113 Å². The molecule has 0 N–H and O–H groups in total. The van der Waals surface area contributed by atoms with E-state index < -0.39 is 0 Å². The van der Waals surface area contributed by atoms with Gasteiger partial charge in [-0.3, -0.25) is 0 Å². The smallest absolute Gasteiger partial charge is 0.228 e. The van der Waals surface area contributed by atoms with Crippen LogP contribution < -0.4 is 14.7 Å². The van der Waals surface area contributed by atoms with E-state index in [1.54, 1.807) is 28.4 Å². The molecule has 4 rings (SSSR count). The van der Waals surface area contributed by atoms with Crippen molar-refractivity contribution < 1.29 is 18.9 Å². The minimum Gasteiger partial charge on any atom is -0.383 e. The fourth-order valence-corrected chi connectivity index (χ4v) is 5.02. The largest absolute Gasteiger partial charge is 0.383 e. The van der Waals surface area contributed by atoms with Crippen LogP contribution >= 0.6 is 11.6 Å². The molecule has 0 aliphatic carbocycles. The number of piperidine rings is 2. The number of aromatic nitrogens is 4. The van der Waals surface area contributed by atoms with Crippen LogP contribution in [0.3, 0.4) is 0 Å². The van der Waals surface area contributed by atoms with Crippen molar-refractivity contribution >= 4 is 40.2 Å². The van der Waals surface area contributed by atoms with Crippen LogP contribution in [0.4, 0.5) is 17.6 Å². The van der Waals surface area contributed by atoms with Crippen LogP contribution in [0.15, 0.2) is 0 Å². The van der Waals surface area contributed by atoms with Gasteiger partial charge in [-0.25, -0.2) is 9.97 Å². The molecular formula is C24H38ClN7O4. The van der Waals surface area contributed by atoms with E-state index in [9.17, 15) is 0 Å². The summed E-state index contributed by atoms with van der Waals surface area (Å²) in [5, 5.41) is 0.200. The first-order valence-electron chi connectivity index (χ1n) is 12.6. The van der Waals surface area contributed by atoms with Gasteiger partial charge in [0.15, 0.2) is 11.6 Å². The van der Waals surface area contributed by atoms with E-state index in [1.807, 2.05) is 0 Å². The first-order valence-corrected chi connectivity index (χ1v) is 13.0. The molecule has 0 spiro atoms. The fraction of sp³-hybridized carbons (Fsp3) is 0.750. The second-order valence-corrected chi connectivity index (χ2v) is 9.52. The maximum atomic E-state index is 6.48. The lowest BCUT2D eigenvalue weighted by Gasteiger charge is -2.34. The molecule has 0 unspecified atom stereocenters. The van der Waals surface area contributed by atoms with Crippen molar-refractivity contribution in [3.63, 3.8) is 0 Å². The Morgan fingerprint density at radius 2 is 1.19 bits per heavy atom. The highest BCUT2D eigenvalue weighted by atomic mass is 35.5. The highest BCUT2D eigenvalue weighted by Crippen LogP contribution is 2.34. The zero-order chi connectivity index (χ0) is 25.5. The maximum Gasteiger partial charge on any atom is 0.228 e. The molecule has 2 aliphatic heterocycles. The summed E-state index contributed by atoms with van der Waals surface area (Å²) in [6.45, 7) is 5.63. The van der Waals surface area contributed by atoms with Crippen molar-refractivity contribution in [3.05, 3.63) is 5.28 Å². The highest BCUT2D eigenvalue weighted by Gasteiger charge is 2.28. The molecule has 0 radical (unpaired) electrons. The standard InChI is InChI=1S/C24H38ClN7O4/c1-33-15-13-32(14-16-34-2)24-27-20-19(22(29-24)31-11-7-18(36-4)8-12-31)26-23(25)28-21(20)30-9-5-17(35-3)6-10-30/h17-18H,5-16H2,1-4H3.